The molecule has 0 atom stereocenters. The minimum atomic E-state index is 0.424. The van der Waals surface area contributed by atoms with Crippen LogP contribution in [0.4, 0.5) is 11.6 Å². The highest BCUT2D eigenvalue weighted by Gasteiger charge is 2.10. The Bertz CT molecular complexity index is 546. The maximum atomic E-state index is 5.41. The van der Waals surface area contributed by atoms with Gasteiger partial charge < -0.3 is 15.0 Å². The van der Waals surface area contributed by atoms with E-state index in [2.05, 4.69) is 25.2 Å². The summed E-state index contributed by atoms with van der Waals surface area (Å²) in [5.41, 5.74) is 2.88. The Balaban J connectivity index is 2.17. The summed E-state index contributed by atoms with van der Waals surface area (Å²) in [5, 5.41) is 5.28. The Labute approximate surface area is 129 Å². The number of ether oxygens (including phenoxy) is 1. The van der Waals surface area contributed by atoms with Crippen LogP contribution in [0.2, 0.25) is 0 Å². The summed E-state index contributed by atoms with van der Waals surface area (Å²) < 4.78 is 5.41. The molecule has 1 N–H and O–H groups in total. The van der Waals surface area contributed by atoms with E-state index in [1.165, 1.54) is 0 Å². The van der Waals surface area contributed by atoms with Gasteiger partial charge in [-0.05, 0) is 13.8 Å². The van der Waals surface area contributed by atoms with Crippen LogP contribution in [0.15, 0.2) is 17.0 Å². The number of aromatic nitrogens is 3. The number of nitrogens with one attached hydrogen (secondary N) is 1. The van der Waals surface area contributed by atoms with Gasteiger partial charge >= 0.3 is 0 Å². The molecule has 0 amide bonds. The molecule has 7 heteroatoms. The van der Waals surface area contributed by atoms with Crippen LogP contribution in [-0.2, 0) is 17.9 Å². The standard InChI is InChI=1S/C14H21N5OS/c1-4-15-12-6-14(18-13(17-12)8-20-5-2)19(3)7-11-9-21-10-16-11/h6,9-10H,4-5,7-8H2,1-3H3,(H,15,17,18). The van der Waals surface area contributed by atoms with Crippen LogP contribution in [0, 0.1) is 0 Å². The van der Waals surface area contributed by atoms with Crippen LogP contribution < -0.4 is 10.2 Å². The highest BCUT2D eigenvalue weighted by molar-refractivity contribution is 7.07. The van der Waals surface area contributed by atoms with Crippen molar-refractivity contribution in [2.24, 2.45) is 0 Å². The molecule has 0 aliphatic heterocycles. The SMILES string of the molecule is CCNc1cc(N(C)Cc2cscn2)nc(COCC)n1. The third-order valence-corrected chi connectivity index (χ3v) is 3.46. The predicted octanol–water partition coefficient (Wildman–Crippen LogP) is 2.54. The monoisotopic (exact) mass is 307 g/mol. The molecule has 0 bridgehead atoms. The smallest absolute Gasteiger partial charge is 0.158 e. The highest BCUT2D eigenvalue weighted by atomic mass is 32.1. The lowest BCUT2D eigenvalue weighted by Gasteiger charge is -2.18. The highest BCUT2D eigenvalue weighted by Crippen LogP contribution is 2.17. The first-order chi connectivity index (χ1) is 10.2. The fourth-order valence-electron chi connectivity index (χ4n) is 1.85. The summed E-state index contributed by atoms with van der Waals surface area (Å²) in [7, 11) is 2.00. The summed E-state index contributed by atoms with van der Waals surface area (Å²) in [6.07, 6.45) is 0. The maximum absolute atomic E-state index is 5.41. The number of nitrogens with zero attached hydrogens (tertiary/aromatic N) is 4. The zero-order chi connectivity index (χ0) is 15.1. The molecule has 114 valence electrons. The van der Waals surface area contributed by atoms with E-state index in [-0.39, 0.29) is 0 Å². The molecule has 0 aliphatic rings. The van der Waals surface area contributed by atoms with Crippen LogP contribution in [0.25, 0.3) is 0 Å². The molecule has 0 unspecified atom stereocenters. The first kappa shape index (κ1) is 15.7. The van der Waals surface area contributed by atoms with Gasteiger partial charge in [0.1, 0.15) is 18.2 Å². The molecule has 2 rings (SSSR count). The average Bonchev–Trinajstić information content (AvgIpc) is 2.98. The molecule has 0 aromatic carbocycles. The number of hydrogen-bond donors (Lipinski definition) is 1. The Morgan fingerprint density at radius 3 is 2.86 bits per heavy atom. The number of rotatable bonds is 8. The van der Waals surface area contributed by atoms with Gasteiger partial charge in [-0.3, -0.25) is 0 Å². The molecule has 0 spiro atoms. The Morgan fingerprint density at radius 1 is 1.33 bits per heavy atom. The molecule has 0 saturated carbocycles. The van der Waals surface area contributed by atoms with Crippen LogP contribution in [0.5, 0.6) is 0 Å². The lowest BCUT2D eigenvalue weighted by molar-refractivity contribution is 0.128. The molecule has 21 heavy (non-hydrogen) atoms. The fraction of sp³-hybridized carbons (Fsp3) is 0.500. The minimum absolute atomic E-state index is 0.424. The van der Waals surface area contributed by atoms with Gasteiger partial charge in [-0.25, -0.2) is 15.0 Å². The van der Waals surface area contributed by atoms with Crippen molar-refractivity contribution >= 4 is 23.0 Å². The molecule has 0 saturated heterocycles. The number of anilines is 2. The molecular weight excluding hydrogens is 286 g/mol. The van der Waals surface area contributed by atoms with E-state index < -0.39 is 0 Å². The molecule has 2 aromatic heterocycles. The van der Waals surface area contributed by atoms with Crippen molar-refractivity contribution in [3.05, 3.63) is 28.5 Å². The lowest BCUT2D eigenvalue weighted by atomic mass is 10.4. The van der Waals surface area contributed by atoms with E-state index in [0.717, 1.165) is 30.4 Å². The van der Waals surface area contributed by atoms with Crippen molar-refractivity contribution in [1.82, 2.24) is 15.0 Å². The van der Waals surface area contributed by atoms with E-state index in [4.69, 9.17) is 4.74 Å². The van der Waals surface area contributed by atoms with Crippen LogP contribution in [0.3, 0.4) is 0 Å². The maximum Gasteiger partial charge on any atom is 0.158 e. The Kier molecular flexibility index (Phi) is 5.89. The average molecular weight is 307 g/mol. The largest absolute Gasteiger partial charge is 0.374 e. The predicted molar refractivity (Wildman–Crippen MR) is 85.7 cm³/mol. The number of hydrogen-bond acceptors (Lipinski definition) is 7. The zero-order valence-electron chi connectivity index (χ0n) is 12.7. The van der Waals surface area contributed by atoms with E-state index in [1.54, 1.807) is 11.3 Å². The molecule has 6 nitrogen and oxygen atoms in total. The van der Waals surface area contributed by atoms with Crippen molar-refractivity contribution < 1.29 is 4.74 Å². The van der Waals surface area contributed by atoms with E-state index >= 15 is 0 Å². The van der Waals surface area contributed by atoms with Crippen molar-refractivity contribution in [3.63, 3.8) is 0 Å². The Morgan fingerprint density at radius 2 is 2.19 bits per heavy atom. The summed E-state index contributed by atoms with van der Waals surface area (Å²) in [4.78, 5) is 15.4. The third-order valence-electron chi connectivity index (χ3n) is 2.83. The van der Waals surface area contributed by atoms with Crippen LogP contribution in [0.1, 0.15) is 25.4 Å². The van der Waals surface area contributed by atoms with Gasteiger partial charge in [0, 0.05) is 31.6 Å². The molecule has 0 radical (unpaired) electrons. The summed E-state index contributed by atoms with van der Waals surface area (Å²) in [6, 6.07) is 1.95. The lowest BCUT2D eigenvalue weighted by Crippen LogP contribution is -2.19. The number of thiazole rings is 1. The molecular formula is C14H21N5OS. The quantitative estimate of drug-likeness (QED) is 0.808. The van der Waals surface area contributed by atoms with Crippen molar-refractivity contribution in [1.29, 1.82) is 0 Å². The summed E-state index contributed by atoms with van der Waals surface area (Å²) >= 11 is 1.60. The Hall–Kier alpha value is -1.73. The van der Waals surface area contributed by atoms with Crippen LogP contribution >= 0.6 is 11.3 Å². The van der Waals surface area contributed by atoms with Crippen molar-refractivity contribution in [2.75, 3.05) is 30.4 Å². The van der Waals surface area contributed by atoms with Gasteiger partial charge in [-0.15, -0.1) is 11.3 Å². The topological polar surface area (TPSA) is 63.2 Å². The molecule has 0 fully saturated rings. The fourth-order valence-corrected chi connectivity index (χ4v) is 2.40. The third kappa shape index (κ3) is 4.64. The van der Waals surface area contributed by atoms with Gasteiger partial charge in [0.15, 0.2) is 5.82 Å². The van der Waals surface area contributed by atoms with Gasteiger partial charge in [0.2, 0.25) is 0 Å². The van der Waals surface area contributed by atoms with Gasteiger partial charge in [-0.1, -0.05) is 0 Å². The zero-order valence-corrected chi connectivity index (χ0v) is 13.5. The molecule has 2 aromatic rings. The normalized spacial score (nSPS) is 10.6. The second-order valence-electron chi connectivity index (χ2n) is 4.53. The van der Waals surface area contributed by atoms with Gasteiger partial charge in [0.05, 0.1) is 17.7 Å². The van der Waals surface area contributed by atoms with E-state index in [9.17, 15) is 0 Å². The van der Waals surface area contributed by atoms with Gasteiger partial charge in [-0.2, -0.15) is 0 Å². The van der Waals surface area contributed by atoms with E-state index in [1.807, 2.05) is 37.9 Å². The first-order valence-corrected chi connectivity index (χ1v) is 7.95. The first-order valence-electron chi connectivity index (χ1n) is 7.00. The second-order valence-corrected chi connectivity index (χ2v) is 5.25. The summed E-state index contributed by atoms with van der Waals surface area (Å²) in [5.74, 6) is 2.38. The van der Waals surface area contributed by atoms with Crippen LogP contribution in [-0.4, -0.2) is 35.2 Å². The van der Waals surface area contributed by atoms with Crippen molar-refractivity contribution in [2.45, 2.75) is 27.0 Å². The molecule has 2 heterocycles. The second kappa shape index (κ2) is 7.90. The van der Waals surface area contributed by atoms with E-state index in [0.29, 0.717) is 19.0 Å². The minimum Gasteiger partial charge on any atom is -0.374 e. The summed E-state index contributed by atoms with van der Waals surface area (Å²) in [6.45, 7) is 6.62. The van der Waals surface area contributed by atoms with Gasteiger partial charge in [0.25, 0.3) is 0 Å². The van der Waals surface area contributed by atoms with Crippen molar-refractivity contribution in [3.8, 4) is 0 Å². The molecule has 0 aliphatic carbocycles.